The van der Waals surface area contributed by atoms with Gasteiger partial charge in [0, 0.05) is 4.88 Å². The predicted octanol–water partition coefficient (Wildman–Crippen LogP) is 3.58. The molecule has 2 aromatic heterocycles. The number of H-pyrrole nitrogens is 1. The molecule has 3 nitrogen and oxygen atoms in total. The van der Waals surface area contributed by atoms with E-state index in [1.54, 1.807) is 0 Å². The summed E-state index contributed by atoms with van der Waals surface area (Å²) in [5.41, 5.74) is 1.84. The first kappa shape index (κ1) is 12.0. The third kappa shape index (κ3) is 1.76. The van der Waals surface area contributed by atoms with Crippen molar-refractivity contribution in [3.63, 3.8) is 0 Å². The Morgan fingerprint density at radius 2 is 1.84 bits per heavy atom. The van der Waals surface area contributed by atoms with Crippen LogP contribution in [0.2, 0.25) is 0 Å². The molecule has 3 aromatic rings. The maximum absolute atomic E-state index is 12.2. The number of pyridine rings is 1. The third-order valence-electron chi connectivity index (χ3n) is 3.38. The molecule has 0 saturated carbocycles. The molecule has 96 valence electrons. The number of aromatic amines is 1. The highest BCUT2D eigenvalue weighted by molar-refractivity contribution is 7.18. The van der Waals surface area contributed by atoms with E-state index in [-0.39, 0.29) is 11.3 Å². The topological polar surface area (TPSA) is 53.1 Å². The Hall–Kier alpha value is -2.07. The fraction of sp³-hybridized carbons (Fsp3) is 0.133. The smallest absolute Gasteiger partial charge is 0.260 e. The molecule has 0 aliphatic carbocycles. The monoisotopic (exact) mass is 271 g/mol. The van der Waals surface area contributed by atoms with Crippen molar-refractivity contribution in [2.75, 3.05) is 0 Å². The summed E-state index contributed by atoms with van der Waals surface area (Å²) in [7, 11) is 0. The molecule has 4 heteroatoms. The van der Waals surface area contributed by atoms with E-state index in [0.29, 0.717) is 5.56 Å². The van der Waals surface area contributed by atoms with Crippen molar-refractivity contribution in [2.45, 2.75) is 13.8 Å². The lowest BCUT2D eigenvalue weighted by atomic mass is 10.0. The summed E-state index contributed by atoms with van der Waals surface area (Å²) in [6.45, 7) is 3.95. The summed E-state index contributed by atoms with van der Waals surface area (Å²) in [4.78, 5) is 16.9. The maximum atomic E-state index is 12.2. The first-order valence-corrected chi connectivity index (χ1v) is 6.81. The number of aromatic nitrogens is 1. The van der Waals surface area contributed by atoms with Crippen molar-refractivity contribution in [1.29, 1.82) is 0 Å². The van der Waals surface area contributed by atoms with Crippen LogP contribution in [-0.4, -0.2) is 10.1 Å². The van der Waals surface area contributed by atoms with Gasteiger partial charge in [-0.15, -0.1) is 11.3 Å². The highest BCUT2D eigenvalue weighted by atomic mass is 32.1. The fourth-order valence-corrected chi connectivity index (χ4v) is 3.33. The number of hydrogen-bond donors (Lipinski definition) is 2. The lowest BCUT2D eigenvalue weighted by Crippen LogP contribution is -2.08. The van der Waals surface area contributed by atoms with Gasteiger partial charge in [-0.1, -0.05) is 30.3 Å². The molecule has 0 bridgehead atoms. The number of nitrogens with one attached hydrogen (secondary N) is 1. The maximum Gasteiger partial charge on any atom is 0.260 e. The van der Waals surface area contributed by atoms with Gasteiger partial charge in [0.15, 0.2) is 0 Å². The highest BCUT2D eigenvalue weighted by Gasteiger charge is 2.17. The molecule has 19 heavy (non-hydrogen) atoms. The van der Waals surface area contributed by atoms with Gasteiger partial charge in [0.25, 0.3) is 5.56 Å². The molecule has 0 atom stereocenters. The zero-order valence-electron chi connectivity index (χ0n) is 10.7. The van der Waals surface area contributed by atoms with E-state index in [1.165, 1.54) is 11.3 Å². The second-order valence-electron chi connectivity index (χ2n) is 4.53. The van der Waals surface area contributed by atoms with Gasteiger partial charge in [0.1, 0.15) is 10.6 Å². The van der Waals surface area contributed by atoms with Crippen molar-refractivity contribution < 1.29 is 5.11 Å². The Kier molecular flexibility index (Phi) is 2.68. The summed E-state index contributed by atoms with van der Waals surface area (Å²) >= 11 is 1.50. The number of benzene rings is 1. The van der Waals surface area contributed by atoms with Crippen LogP contribution in [-0.2, 0) is 0 Å². The zero-order valence-corrected chi connectivity index (χ0v) is 11.5. The van der Waals surface area contributed by atoms with Crippen LogP contribution in [0.1, 0.15) is 10.4 Å². The Morgan fingerprint density at radius 3 is 2.53 bits per heavy atom. The van der Waals surface area contributed by atoms with E-state index in [0.717, 1.165) is 26.2 Å². The van der Waals surface area contributed by atoms with E-state index in [1.807, 2.05) is 44.2 Å². The van der Waals surface area contributed by atoms with Gasteiger partial charge in [0.05, 0.1) is 10.9 Å². The Morgan fingerprint density at radius 1 is 1.16 bits per heavy atom. The standard InChI is InChI=1S/C15H13NO2S/c1-8-9(2)19-15-11(8)13(17)12(14(18)16-15)10-6-4-3-5-7-10/h3-7H,1-2H3,(H2,16,17,18). The number of rotatable bonds is 1. The summed E-state index contributed by atoms with van der Waals surface area (Å²) in [5, 5.41) is 11.2. The Labute approximate surface area is 114 Å². The van der Waals surface area contributed by atoms with Crippen LogP contribution in [0.3, 0.4) is 0 Å². The molecular weight excluding hydrogens is 258 g/mol. The van der Waals surface area contributed by atoms with E-state index in [4.69, 9.17) is 0 Å². The first-order valence-electron chi connectivity index (χ1n) is 6.00. The molecular formula is C15H13NO2S. The van der Waals surface area contributed by atoms with Crippen molar-refractivity contribution in [1.82, 2.24) is 4.98 Å². The normalized spacial score (nSPS) is 11.1. The summed E-state index contributed by atoms with van der Waals surface area (Å²) < 4.78 is 0. The van der Waals surface area contributed by atoms with Crippen molar-refractivity contribution in [3.05, 3.63) is 51.1 Å². The molecule has 3 rings (SSSR count). The fourth-order valence-electron chi connectivity index (χ4n) is 2.27. The van der Waals surface area contributed by atoms with Crippen molar-refractivity contribution in [3.8, 4) is 16.9 Å². The SMILES string of the molecule is Cc1sc2[nH]c(=O)c(-c3ccccc3)c(O)c2c1C. The van der Waals surface area contributed by atoms with Gasteiger partial charge < -0.3 is 10.1 Å². The van der Waals surface area contributed by atoms with Crippen LogP contribution >= 0.6 is 11.3 Å². The minimum Gasteiger partial charge on any atom is -0.506 e. The van der Waals surface area contributed by atoms with Crippen LogP contribution in [0.4, 0.5) is 0 Å². The van der Waals surface area contributed by atoms with Gasteiger partial charge in [-0.3, -0.25) is 4.79 Å². The highest BCUT2D eigenvalue weighted by Crippen LogP contribution is 2.38. The molecule has 0 amide bonds. The number of thiophene rings is 1. The first-order chi connectivity index (χ1) is 9.09. The van der Waals surface area contributed by atoms with Gasteiger partial charge in [-0.05, 0) is 25.0 Å². The summed E-state index contributed by atoms with van der Waals surface area (Å²) in [5.74, 6) is 0.0757. The lowest BCUT2D eigenvalue weighted by Gasteiger charge is -2.05. The molecule has 0 aliphatic heterocycles. The molecule has 0 aliphatic rings. The second kappa shape index (κ2) is 4.24. The Balaban J connectivity index is 2.44. The number of aromatic hydroxyl groups is 1. The largest absolute Gasteiger partial charge is 0.506 e. The van der Waals surface area contributed by atoms with E-state index < -0.39 is 0 Å². The van der Waals surface area contributed by atoms with E-state index >= 15 is 0 Å². The van der Waals surface area contributed by atoms with Crippen LogP contribution in [0.5, 0.6) is 5.75 Å². The van der Waals surface area contributed by atoms with Crippen molar-refractivity contribution in [2.24, 2.45) is 0 Å². The van der Waals surface area contributed by atoms with E-state index in [2.05, 4.69) is 4.98 Å². The van der Waals surface area contributed by atoms with Gasteiger partial charge >= 0.3 is 0 Å². The van der Waals surface area contributed by atoms with E-state index in [9.17, 15) is 9.90 Å². The molecule has 0 unspecified atom stereocenters. The minimum absolute atomic E-state index is 0.0757. The molecule has 2 N–H and O–H groups in total. The average molecular weight is 271 g/mol. The summed E-state index contributed by atoms with van der Waals surface area (Å²) in [6, 6.07) is 9.23. The average Bonchev–Trinajstić information content (AvgIpc) is 2.66. The number of fused-ring (bicyclic) bond motifs is 1. The van der Waals surface area contributed by atoms with Crippen LogP contribution < -0.4 is 5.56 Å². The predicted molar refractivity (Wildman–Crippen MR) is 79.0 cm³/mol. The molecule has 1 aromatic carbocycles. The quantitative estimate of drug-likeness (QED) is 0.710. The zero-order chi connectivity index (χ0) is 13.6. The van der Waals surface area contributed by atoms with Gasteiger partial charge in [-0.25, -0.2) is 0 Å². The minimum atomic E-state index is -0.252. The molecule has 2 heterocycles. The number of hydrogen-bond acceptors (Lipinski definition) is 3. The third-order valence-corrected chi connectivity index (χ3v) is 4.50. The molecule has 0 radical (unpaired) electrons. The van der Waals surface area contributed by atoms with Crippen molar-refractivity contribution >= 4 is 21.6 Å². The summed E-state index contributed by atoms with van der Waals surface area (Å²) in [6.07, 6.45) is 0. The molecule has 0 saturated heterocycles. The van der Waals surface area contributed by atoms with Gasteiger partial charge in [-0.2, -0.15) is 0 Å². The molecule has 0 fully saturated rings. The van der Waals surface area contributed by atoms with Crippen LogP contribution in [0.25, 0.3) is 21.3 Å². The Bertz CT molecular complexity index is 816. The number of aryl methyl sites for hydroxylation is 2. The lowest BCUT2D eigenvalue weighted by molar-refractivity contribution is 0.482. The molecule has 0 spiro atoms. The van der Waals surface area contributed by atoms with Crippen LogP contribution in [0, 0.1) is 13.8 Å². The van der Waals surface area contributed by atoms with Gasteiger partial charge in [0.2, 0.25) is 0 Å². The van der Waals surface area contributed by atoms with Crippen LogP contribution in [0.15, 0.2) is 35.1 Å². The second-order valence-corrected chi connectivity index (χ2v) is 5.76.